The van der Waals surface area contributed by atoms with E-state index in [1.165, 1.54) is 4.88 Å². The van der Waals surface area contributed by atoms with E-state index < -0.39 is 0 Å². The molecular weight excluding hydrogens is 370 g/mol. The van der Waals surface area contributed by atoms with Crippen molar-refractivity contribution in [2.45, 2.75) is 6.54 Å². The molecular formula is C19H24ClN3O2S. The van der Waals surface area contributed by atoms with Crippen LogP contribution in [-0.2, 0) is 11.3 Å². The molecule has 1 saturated heterocycles. The van der Waals surface area contributed by atoms with Crippen LogP contribution in [0, 0.1) is 0 Å². The number of para-hydroxylation sites is 1. The van der Waals surface area contributed by atoms with Crippen LogP contribution in [0.15, 0.2) is 42.5 Å². The van der Waals surface area contributed by atoms with Crippen molar-refractivity contribution >= 4 is 28.8 Å². The summed E-state index contributed by atoms with van der Waals surface area (Å²) >= 11 is 7.62. The molecule has 0 saturated carbocycles. The molecule has 1 amide bonds. The molecule has 0 atom stereocenters. The van der Waals surface area contributed by atoms with E-state index in [0.717, 1.165) is 42.8 Å². The normalized spacial score (nSPS) is 15.7. The van der Waals surface area contributed by atoms with Gasteiger partial charge in [-0.05, 0) is 24.3 Å². The summed E-state index contributed by atoms with van der Waals surface area (Å²) in [4.78, 5) is 18.0. The van der Waals surface area contributed by atoms with E-state index in [0.29, 0.717) is 19.7 Å². The molecule has 1 aromatic carbocycles. The van der Waals surface area contributed by atoms with E-state index in [1.54, 1.807) is 11.3 Å². The minimum atomic E-state index is 0.0557. The number of halogens is 1. The van der Waals surface area contributed by atoms with Crippen molar-refractivity contribution in [2.24, 2.45) is 0 Å². The van der Waals surface area contributed by atoms with Crippen LogP contribution in [0.2, 0.25) is 4.34 Å². The van der Waals surface area contributed by atoms with Crippen LogP contribution in [0.4, 0.5) is 0 Å². The Labute approximate surface area is 163 Å². The summed E-state index contributed by atoms with van der Waals surface area (Å²) in [6.07, 6.45) is 0. The molecule has 1 N–H and O–H groups in total. The zero-order valence-electron chi connectivity index (χ0n) is 14.7. The van der Waals surface area contributed by atoms with E-state index in [2.05, 4.69) is 21.2 Å². The number of amides is 1. The molecule has 1 aromatic heterocycles. The molecule has 2 aromatic rings. The molecule has 2 heterocycles. The quantitative estimate of drug-likeness (QED) is 0.700. The molecule has 0 radical (unpaired) electrons. The van der Waals surface area contributed by atoms with Gasteiger partial charge in [0.25, 0.3) is 0 Å². The lowest BCUT2D eigenvalue weighted by Gasteiger charge is -2.34. The van der Waals surface area contributed by atoms with Gasteiger partial charge in [0.2, 0.25) is 5.91 Å². The highest BCUT2D eigenvalue weighted by atomic mass is 35.5. The van der Waals surface area contributed by atoms with Crippen LogP contribution in [0.1, 0.15) is 4.88 Å². The number of carbonyl (C=O) groups excluding carboxylic acids is 1. The number of hydrogen-bond donors (Lipinski definition) is 1. The molecule has 1 fully saturated rings. The monoisotopic (exact) mass is 393 g/mol. The van der Waals surface area contributed by atoms with Crippen molar-refractivity contribution in [3.05, 3.63) is 51.7 Å². The fraction of sp³-hybridized carbons (Fsp3) is 0.421. The lowest BCUT2D eigenvalue weighted by atomic mass is 10.3. The Morgan fingerprint density at radius 2 is 1.81 bits per heavy atom. The van der Waals surface area contributed by atoms with Crippen LogP contribution in [-0.4, -0.2) is 61.6 Å². The standard InChI is InChI=1S/C19H24ClN3O2S/c20-18-7-6-17(26-18)14-22-9-11-23(12-10-22)15-19(24)21-8-13-25-16-4-2-1-3-5-16/h1-7H,8-15H2,(H,21,24). The average Bonchev–Trinajstić information content (AvgIpc) is 3.06. The van der Waals surface area contributed by atoms with E-state index in [4.69, 9.17) is 16.3 Å². The van der Waals surface area contributed by atoms with Crippen molar-refractivity contribution in [3.63, 3.8) is 0 Å². The Bertz CT molecular complexity index is 687. The number of piperazine rings is 1. The van der Waals surface area contributed by atoms with Crippen LogP contribution < -0.4 is 10.1 Å². The first-order chi connectivity index (χ1) is 12.7. The molecule has 140 valence electrons. The first-order valence-corrected chi connectivity index (χ1v) is 10.0. The third kappa shape index (κ3) is 6.29. The van der Waals surface area contributed by atoms with Crippen molar-refractivity contribution in [1.82, 2.24) is 15.1 Å². The molecule has 0 aliphatic carbocycles. The molecule has 7 heteroatoms. The molecule has 5 nitrogen and oxygen atoms in total. The average molecular weight is 394 g/mol. The number of nitrogens with zero attached hydrogens (tertiary/aromatic N) is 2. The summed E-state index contributed by atoms with van der Waals surface area (Å²) < 4.78 is 6.41. The van der Waals surface area contributed by atoms with Gasteiger partial charge in [0, 0.05) is 37.6 Å². The van der Waals surface area contributed by atoms with Gasteiger partial charge in [-0.2, -0.15) is 0 Å². The second-order valence-electron chi connectivity index (χ2n) is 6.27. The fourth-order valence-electron chi connectivity index (χ4n) is 2.90. The summed E-state index contributed by atoms with van der Waals surface area (Å²) in [7, 11) is 0. The van der Waals surface area contributed by atoms with Gasteiger partial charge in [-0.15, -0.1) is 11.3 Å². The summed E-state index contributed by atoms with van der Waals surface area (Å²) in [6.45, 7) is 6.15. The van der Waals surface area contributed by atoms with Crippen molar-refractivity contribution in [3.8, 4) is 5.75 Å². The highest BCUT2D eigenvalue weighted by Gasteiger charge is 2.19. The summed E-state index contributed by atoms with van der Waals surface area (Å²) in [5.74, 6) is 0.880. The van der Waals surface area contributed by atoms with Crippen molar-refractivity contribution in [2.75, 3.05) is 45.9 Å². The molecule has 1 aliphatic heterocycles. The lowest BCUT2D eigenvalue weighted by molar-refractivity contribution is -0.122. The van der Waals surface area contributed by atoms with Gasteiger partial charge in [0.1, 0.15) is 12.4 Å². The van der Waals surface area contributed by atoms with E-state index >= 15 is 0 Å². The third-order valence-electron chi connectivity index (χ3n) is 4.28. The molecule has 0 unspecified atom stereocenters. The van der Waals surface area contributed by atoms with E-state index in [9.17, 15) is 4.79 Å². The highest BCUT2D eigenvalue weighted by molar-refractivity contribution is 7.16. The van der Waals surface area contributed by atoms with Gasteiger partial charge < -0.3 is 10.1 Å². The van der Waals surface area contributed by atoms with Gasteiger partial charge in [-0.1, -0.05) is 29.8 Å². The second kappa shape index (κ2) is 9.92. The van der Waals surface area contributed by atoms with Crippen LogP contribution >= 0.6 is 22.9 Å². The number of hydrogen-bond acceptors (Lipinski definition) is 5. The van der Waals surface area contributed by atoms with Gasteiger partial charge >= 0.3 is 0 Å². The Balaban J connectivity index is 1.28. The number of ether oxygens (including phenoxy) is 1. The SMILES string of the molecule is O=C(CN1CCN(Cc2ccc(Cl)s2)CC1)NCCOc1ccccc1. The van der Waals surface area contributed by atoms with Crippen LogP contribution in [0.5, 0.6) is 5.75 Å². The first kappa shape index (κ1) is 19.2. The van der Waals surface area contributed by atoms with Gasteiger partial charge in [-0.25, -0.2) is 0 Å². The Morgan fingerprint density at radius 3 is 2.50 bits per heavy atom. The van der Waals surface area contributed by atoms with E-state index in [1.807, 2.05) is 36.4 Å². The smallest absolute Gasteiger partial charge is 0.234 e. The molecule has 1 aliphatic rings. The number of thiophene rings is 1. The molecule has 26 heavy (non-hydrogen) atoms. The number of carbonyl (C=O) groups is 1. The second-order valence-corrected chi connectivity index (χ2v) is 8.07. The Hall–Kier alpha value is -1.60. The topological polar surface area (TPSA) is 44.8 Å². The zero-order valence-corrected chi connectivity index (χ0v) is 16.3. The molecule has 0 bridgehead atoms. The fourth-order valence-corrected chi connectivity index (χ4v) is 4.03. The first-order valence-electron chi connectivity index (χ1n) is 8.82. The van der Waals surface area contributed by atoms with Crippen molar-refractivity contribution in [1.29, 1.82) is 0 Å². The minimum absolute atomic E-state index is 0.0557. The maximum Gasteiger partial charge on any atom is 0.234 e. The maximum absolute atomic E-state index is 12.1. The Morgan fingerprint density at radius 1 is 1.08 bits per heavy atom. The minimum Gasteiger partial charge on any atom is -0.492 e. The third-order valence-corrected chi connectivity index (χ3v) is 5.49. The number of benzene rings is 1. The van der Waals surface area contributed by atoms with Crippen LogP contribution in [0.3, 0.4) is 0 Å². The Kier molecular flexibility index (Phi) is 7.32. The van der Waals surface area contributed by atoms with Crippen molar-refractivity contribution < 1.29 is 9.53 Å². The van der Waals surface area contributed by atoms with Gasteiger partial charge in [0.05, 0.1) is 17.4 Å². The molecule has 0 spiro atoms. The summed E-state index contributed by atoms with van der Waals surface area (Å²) in [5.41, 5.74) is 0. The lowest BCUT2D eigenvalue weighted by Crippen LogP contribution is -2.49. The van der Waals surface area contributed by atoms with E-state index in [-0.39, 0.29) is 5.91 Å². The largest absolute Gasteiger partial charge is 0.492 e. The van der Waals surface area contributed by atoms with Gasteiger partial charge in [0.15, 0.2) is 0 Å². The predicted octanol–water partition coefficient (Wildman–Crippen LogP) is 2.71. The van der Waals surface area contributed by atoms with Crippen LogP contribution in [0.25, 0.3) is 0 Å². The maximum atomic E-state index is 12.1. The summed E-state index contributed by atoms with van der Waals surface area (Å²) in [6, 6.07) is 13.7. The zero-order chi connectivity index (χ0) is 18.2. The number of nitrogens with one attached hydrogen (secondary N) is 1. The number of rotatable bonds is 8. The highest BCUT2D eigenvalue weighted by Crippen LogP contribution is 2.23. The summed E-state index contributed by atoms with van der Waals surface area (Å²) in [5, 5.41) is 2.92. The molecule has 3 rings (SSSR count). The predicted molar refractivity (Wildman–Crippen MR) is 106 cm³/mol. The van der Waals surface area contributed by atoms with Gasteiger partial charge in [-0.3, -0.25) is 14.6 Å².